The minimum absolute atomic E-state index is 0.0131. The van der Waals surface area contributed by atoms with Crippen molar-refractivity contribution in [1.29, 1.82) is 0 Å². The maximum Gasteiger partial charge on any atom is 0.243 e. The molecule has 11 nitrogen and oxygen atoms in total. The van der Waals surface area contributed by atoms with Crippen LogP contribution < -0.4 is 39.3 Å². The van der Waals surface area contributed by atoms with Gasteiger partial charge < -0.3 is 39.3 Å². The molecule has 3 atom stereocenters. The van der Waals surface area contributed by atoms with Crippen LogP contribution in [-0.2, 0) is 9.59 Å². The first kappa shape index (κ1) is 27.4. The minimum atomic E-state index is -0.798. The van der Waals surface area contributed by atoms with Gasteiger partial charge in [0.1, 0.15) is 6.04 Å². The zero-order valence-electron chi connectivity index (χ0n) is 20.1. The molecule has 0 heterocycles. The van der Waals surface area contributed by atoms with Crippen molar-refractivity contribution in [2.24, 2.45) is 38.7 Å². The van der Waals surface area contributed by atoms with Crippen molar-refractivity contribution in [1.82, 2.24) is 10.6 Å². The molecule has 190 valence electrons. The molecule has 2 rings (SSSR count). The molecule has 2 aromatic rings. The highest BCUT2D eigenvalue weighted by Gasteiger charge is 2.25. The third-order valence-electron chi connectivity index (χ3n) is 5.53. The number of rotatable bonds is 13. The van der Waals surface area contributed by atoms with E-state index in [2.05, 4.69) is 20.6 Å². The molecule has 35 heavy (non-hydrogen) atoms. The Balaban J connectivity index is 2.07. The Morgan fingerprint density at radius 3 is 2.09 bits per heavy atom. The molecule has 0 aliphatic carbocycles. The average molecular weight is 484 g/mol. The zero-order chi connectivity index (χ0) is 25.8. The quantitative estimate of drug-likeness (QED) is 0.117. The van der Waals surface area contributed by atoms with Gasteiger partial charge in [-0.15, -0.1) is 0 Å². The SMILES string of the molecule is C[C@H](NC(=O)[C@H](CCCN=C(N)N)NC(=O)[C@@H](N)CCCN=C(N)N)c1cccc2ccccc12. The number of nitrogens with one attached hydrogen (secondary N) is 2. The van der Waals surface area contributed by atoms with Gasteiger partial charge in [0.25, 0.3) is 0 Å². The lowest BCUT2D eigenvalue weighted by Gasteiger charge is -2.23. The summed E-state index contributed by atoms with van der Waals surface area (Å²) in [5.74, 6) is -0.769. The summed E-state index contributed by atoms with van der Waals surface area (Å²) in [5, 5.41) is 7.94. The van der Waals surface area contributed by atoms with E-state index < -0.39 is 18.0 Å². The molecule has 0 radical (unpaired) electrons. The van der Waals surface area contributed by atoms with Crippen LogP contribution in [0, 0.1) is 0 Å². The van der Waals surface area contributed by atoms with E-state index in [1.165, 1.54) is 0 Å². The minimum Gasteiger partial charge on any atom is -0.370 e. The first-order valence-electron chi connectivity index (χ1n) is 11.6. The van der Waals surface area contributed by atoms with Gasteiger partial charge in [0, 0.05) is 13.1 Å². The van der Waals surface area contributed by atoms with E-state index in [4.69, 9.17) is 28.7 Å². The van der Waals surface area contributed by atoms with Gasteiger partial charge in [-0.3, -0.25) is 19.6 Å². The molecule has 0 fully saturated rings. The maximum atomic E-state index is 13.2. The van der Waals surface area contributed by atoms with E-state index >= 15 is 0 Å². The van der Waals surface area contributed by atoms with Crippen LogP contribution in [0.5, 0.6) is 0 Å². The van der Waals surface area contributed by atoms with E-state index in [1.54, 1.807) is 0 Å². The number of hydrogen-bond donors (Lipinski definition) is 7. The highest BCUT2D eigenvalue weighted by Crippen LogP contribution is 2.24. The molecule has 2 aromatic carbocycles. The van der Waals surface area contributed by atoms with Gasteiger partial charge in [-0.25, -0.2) is 0 Å². The molecule has 0 aliphatic rings. The number of nitrogens with zero attached hydrogens (tertiary/aromatic N) is 2. The number of hydrogen-bond acceptors (Lipinski definition) is 5. The fourth-order valence-corrected chi connectivity index (χ4v) is 3.72. The third-order valence-corrected chi connectivity index (χ3v) is 5.53. The van der Waals surface area contributed by atoms with Gasteiger partial charge in [-0.2, -0.15) is 0 Å². The van der Waals surface area contributed by atoms with E-state index in [9.17, 15) is 9.59 Å². The van der Waals surface area contributed by atoms with E-state index in [0.717, 1.165) is 16.3 Å². The van der Waals surface area contributed by atoms with Gasteiger partial charge in [-0.05, 0) is 48.9 Å². The molecular weight excluding hydrogens is 446 g/mol. The number of benzene rings is 2. The highest BCUT2D eigenvalue weighted by atomic mass is 16.2. The number of amides is 2. The molecule has 0 saturated carbocycles. The number of carbonyl (C=O) groups excluding carboxylic acids is 2. The average Bonchev–Trinajstić information content (AvgIpc) is 2.82. The van der Waals surface area contributed by atoms with Crippen molar-refractivity contribution in [3.8, 4) is 0 Å². The smallest absolute Gasteiger partial charge is 0.243 e. The van der Waals surface area contributed by atoms with Crippen molar-refractivity contribution >= 4 is 34.5 Å². The van der Waals surface area contributed by atoms with Crippen molar-refractivity contribution in [3.05, 3.63) is 48.0 Å². The fourth-order valence-electron chi connectivity index (χ4n) is 3.72. The Hall–Kier alpha value is -3.86. The van der Waals surface area contributed by atoms with Crippen LogP contribution in [0.4, 0.5) is 0 Å². The molecule has 12 N–H and O–H groups in total. The zero-order valence-corrected chi connectivity index (χ0v) is 20.1. The summed E-state index contributed by atoms with van der Waals surface area (Å²) < 4.78 is 0. The van der Waals surface area contributed by atoms with Crippen molar-refractivity contribution < 1.29 is 9.59 Å². The molecule has 0 spiro atoms. The predicted octanol–water partition coefficient (Wildman–Crippen LogP) is -0.0637. The van der Waals surface area contributed by atoms with Crippen LogP contribution in [-0.4, -0.2) is 48.9 Å². The number of aliphatic imine (C=N–C) groups is 2. The van der Waals surface area contributed by atoms with Gasteiger partial charge in [0.15, 0.2) is 11.9 Å². The summed E-state index contributed by atoms with van der Waals surface area (Å²) in [7, 11) is 0. The molecule has 0 saturated heterocycles. The van der Waals surface area contributed by atoms with Crippen LogP contribution in [0.3, 0.4) is 0 Å². The molecule has 0 aromatic heterocycles. The summed E-state index contributed by atoms with van der Waals surface area (Å²) in [6.45, 7) is 2.62. The lowest BCUT2D eigenvalue weighted by molar-refractivity contribution is -0.130. The van der Waals surface area contributed by atoms with Crippen LogP contribution in [0.1, 0.15) is 44.2 Å². The lowest BCUT2D eigenvalue weighted by Crippen LogP contribution is -2.52. The Morgan fingerprint density at radius 2 is 1.43 bits per heavy atom. The topological polar surface area (TPSA) is 213 Å². The van der Waals surface area contributed by atoms with Gasteiger partial charge in [-0.1, -0.05) is 42.5 Å². The second-order valence-corrected chi connectivity index (χ2v) is 8.36. The van der Waals surface area contributed by atoms with E-state index in [1.807, 2.05) is 49.4 Å². The van der Waals surface area contributed by atoms with E-state index in [-0.39, 0.29) is 23.9 Å². The molecule has 0 unspecified atom stereocenters. The maximum absolute atomic E-state index is 13.2. The Labute approximate surface area is 205 Å². The van der Waals surface area contributed by atoms with Crippen molar-refractivity contribution in [2.45, 2.75) is 50.7 Å². The Kier molecular flexibility index (Phi) is 10.8. The fraction of sp³-hybridized carbons (Fsp3) is 0.417. The largest absolute Gasteiger partial charge is 0.370 e. The van der Waals surface area contributed by atoms with Crippen molar-refractivity contribution in [3.63, 3.8) is 0 Å². The standard InChI is InChI=1S/C24H37N9O2/c1-15(17-10-4-8-16-7-2-3-9-18(16)17)32-22(35)20(12-6-14-31-24(28)29)33-21(34)19(25)11-5-13-30-23(26)27/h2-4,7-10,15,19-20H,5-6,11-14,25H2,1H3,(H,32,35)(H,33,34)(H4,26,27,30)(H4,28,29,31)/t15-,19-,20-/m0/s1. The second-order valence-electron chi connectivity index (χ2n) is 8.36. The lowest BCUT2D eigenvalue weighted by atomic mass is 9.99. The predicted molar refractivity (Wildman–Crippen MR) is 140 cm³/mol. The number of nitrogens with two attached hydrogens (primary N) is 5. The normalized spacial score (nSPS) is 13.3. The summed E-state index contributed by atoms with van der Waals surface area (Å²) in [6, 6.07) is 12.1. The molecular formula is C24H37N9O2. The molecule has 0 bridgehead atoms. The summed E-state index contributed by atoms with van der Waals surface area (Å²) in [5.41, 5.74) is 28.4. The van der Waals surface area contributed by atoms with Gasteiger partial charge >= 0.3 is 0 Å². The third kappa shape index (κ3) is 9.13. The highest BCUT2D eigenvalue weighted by molar-refractivity contribution is 5.91. The summed E-state index contributed by atoms with van der Waals surface area (Å²) in [4.78, 5) is 33.7. The number of carbonyl (C=O) groups is 2. The molecule has 11 heteroatoms. The first-order valence-corrected chi connectivity index (χ1v) is 11.6. The number of fused-ring (bicyclic) bond motifs is 1. The summed E-state index contributed by atoms with van der Waals surface area (Å²) >= 11 is 0. The molecule has 0 aliphatic heterocycles. The van der Waals surface area contributed by atoms with Gasteiger partial charge in [0.2, 0.25) is 11.8 Å². The van der Waals surface area contributed by atoms with E-state index in [0.29, 0.717) is 38.8 Å². The second kappa shape index (κ2) is 13.8. The number of guanidine groups is 2. The van der Waals surface area contributed by atoms with Crippen molar-refractivity contribution in [2.75, 3.05) is 13.1 Å². The summed E-state index contributed by atoms with van der Waals surface area (Å²) in [6.07, 6.45) is 1.75. The van der Waals surface area contributed by atoms with Crippen LogP contribution >= 0.6 is 0 Å². The van der Waals surface area contributed by atoms with Crippen LogP contribution in [0.15, 0.2) is 52.4 Å². The van der Waals surface area contributed by atoms with Crippen LogP contribution in [0.25, 0.3) is 10.8 Å². The Bertz CT molecular complexity index is 1040. The van der Waals surface area contributed by atoms with Gasteiger partial charge in [0.05, 0.1) is 12.1 Å². The Morgan fingerprint density at radius 1 is 0.829 bits per heavy atom. The molecule has 2 amide bonds. The monoisotopic (exact) mass is 483 g/mol. The van der Waals surface area contributed by atoms with Crippen LogP contribution in [0.2, 0.25) is 0 Å². The first-order chi connectivity index (χ1) is 16.7.